The van der Waals surface area contributed by atoms with E-state index in [1.54, 1.807) is 24.3 Å². The van der Waals surface area contributed by atoms with Gasteiger partial charge < -0.3 is 57.6 Å². The minimum atomic E-state index is -3.74. The Hall–Kier alpha value is -1.89. The van der Waals surface area contributed by atoms with Gasteiger partial charge in [-0.1, -0.05) is 42.3 Å². The molecule has 0 atom stereocenters. The van der Waals surface area contributed by atoms with Crippen molar-refractivity contribution in [3.05, 3.63) is 59.7 Å². The first-order valence-electron chi connectivity index (χ1n) is 19.4. The van der Waals surface area contributed by atoms with Gasteiger partial charge in [-0.25, -0.2) is 8.42 Å². The number of benzene rings is 2. The number of aliphatic hydroxyl groups excluding tert-OH is 2. The Morgan fingerprint density at radius 2 is 0.661 bits per heavy atom. The Labute approximate surface area is 355 Å². The fraction of sp³-hybridized carbons (Fsp3) is 0.692. The van der Waals surface area contributed by atoms with Crippen molar-refractivity contribution in [3.8, 4) is 0 Å². The van der Waals surface area contributed by atoms with Crippen LogP contribution < -0.4 is 0 Å². The fourth-order valence-corrected chi connectivity index (χ4v) is 5.58. The molecule has 0 heterocycles. The molecule has 0 unspecified atom stereocenters. The highest BCUT2D eigenvalue weighted by Crippen LogP contribution is 2.15. The zero-order valence-electron chi connectivity index (χ0n) is 34.8. The third-order valence-electron chi connectivity index (χ3n) is 6.87. The number of aliphatic hydroxyl groups is 2. The number of rotatable bonds is 36. The molecule has 2 aromatic carbocycles. The van der Waals surface area contributed by atoms with Gasteiger partial charge in [0.05, 0.1) is 155 Å². The first kappa shape index (κ1) is 57.1. The Balaban J connectivity index is 0.000000955. The van der Waals surface area contributed by atoms with Crippen LogP contribution >= 0.6 is 10.7 Å². The molecule has 0 fully saturated rings. The molecule has 0 aliphatic rings. The zero-order chi connectivity index (χ0) is 43.7. The van der Waals surface area contributed by atoms with Gasteiger partial charge in [0.1, 0.15) is 0 Å². The van der Waals surface area contributed by atoms with Crippen molar-refractivity contribution in [1.82, 2.24) is 0 Å². The highest BCUT2D eigenvalue weighted by atomic mass is 35.7. The first-order valence-corrected chi connectivity index (χ1v) is 23.2. The molecule has 17 nitrogen and oxygen atoms in total. The van der Waals surface area contributed by atoms with Crippen LogP contribution in [0.1, 0.15) is 24.5 Å². The summed E-state index contributed by atoms with van der Waals surface area (Å²) in [5.41, 5.74) is 1.99. The molecule has 2 N–H and O–H groups in total. The molecule has 0 bridgehead atoms. The van der Waals surface area contributed by atoms with Gasteiger partial charge >= 0.3 is 0 Å². The molecule has 344 valence electrons. The van der Waals surface area contributed by atoms with Crippen LogP contribution in [0.15, 0.2) is 58.3 Å². The molecule has 0 aliphatic heterocycles. The summed E-state index contributed by atoms with van der Waals surface area (Å²) in [6.45, 7) is 15.5. The molecular weight excluding hydrogens is 840 g/mol. The van der Waals surface area contributed by atoms with E-state index >= 15 is 0 Å². The van der Waals surface area contributed by atoms with Crippen LogP contribution in [-0.2, 0) is 70.7 Å². The normalized spacial score (nSPS) is 11.5. The lowest BCUT2D eigenvalue weighted by Gasteiger charge is -2.08. The van der Waals surface area contributed by atoms with Gasteiger partial charge in [0.15, 0.2) is 0 Å². The smallest absolute Gasteiger partial charge is 0.297 e. The largest absolute Gasteiger partial charge is 0.394 e. The van der Waals surface area contributed by atoms with Gasteiger partial charge in [0, 0.05) is 17.3 Å². The third kappa shape index (κ3) is 37.6. The van der Waals surface area contributed by atoms with E-state index < -0.39 is 19.2 Å². The predicted molar refractivity (Wildman–Crippen MR) is 221 cm³/mol. The van der Waals surface area contributed by atoms with Crippen molar-refractivity contribution < 1.29 is 78.6 Å². The monoisotopic (exact) mass is 906 g/mol. The molecule has 0 radical (unpaired) electrons. The van der Waals surface area contributed by atoms with Crippen LogP contribution in [-0.4, -0.2) is 179 Å². The maximum atomic E-state index is 12.0. The second-order valence-electron chi connectivity index (χ2n) is 11.9. The molecule has 0 aliphatic carbocycles. The van der Waals surface area contributed by atoms with E-state index in [2.05, 4.69) is 6.92 Å². The number of hydrogen-bond donors (Lipinski definition) is 2. The number of ether oxygens (including phenoxy) is 10. The summed E-state index contributed by atoms with van der Waals surface area (Å²) in [5, 5.41) is 16.9. The number of halogens is 1. The summed E-state index contributed by atoms with van der Waals surface area (Å²) in [6, 6.07) is 12.9. The summed E-state index contributed by atoms with van der Waals surface area (Å²) >= 11 is 0. The molecule has 59 heavy (non-hydrogen) atoms. The maximum Gasteiger partial charge on any atom is 0.297 e. The van der Waals surface area contributed by atoms with Crippen molar-refractivity contribution in [2.75, 3.05) is 152 Å². The summed E-state index contributed by atoms with van der Waals surface area (Å²) in [5.74, 6) is 0. The van der Waals surface area contributed by atoms with Crippen LogP contribution in [0.3, 0.4) is 0 Å². The quantitative estimate of drug-likeness (QED) is 0.0572. The van der Waals surface area contributed by atoms with E-state index in [9.17, 15) is 16.8 Å². The standard InChI is InChI=1S/C20H34O8S.C12H26O7.C7H7ClO2S/c1-3-8-23-9-10-24-11-12-25-13-14-26-15-16-27-17-18-28-29(21,22)20-6-4-19(2)5-7-20;13-1-3-15-5-7-17-9-11-19-12-10-18-8-6-16-4-2-14;1-6-2-4-7(5-3-6)11(8,9)10/h4-7H,3,8-18H2,1-2H3;13-14H,1-12H2;2-5H,1H3. The van der Waals surface area contributed by atoms with Gasteiger partial charge in [0.2, 0.25) is 0 Å². The van der Waals surface area contributed by atoms with Crippen LogP contribution in [0.2, 0.25) is 0 Å². The van der Waals surface area contributed by atoms with Crippen molar-refractivity contribution >= 4 is 29.9 Å². The van der Waals surface area contributed by atoms with Crippen molar-refractivity contribution in [3.63, 3.8) is 0 Å². The topological polar surface area (TPSA) is 210 Å². The first-order chi connectivity index (χ1) is 28.5. The van der Waals surface area contributed by atoms with E-state index in [0.717, 1.165) is 24.2 Å². The van der Waals surface area contributed by atoms with Crippen molar-refractivity contribution in [1.29, 1.82) is 0 Å². The average Bonchev–Trinajstić information content (AvgIpc) is 3.21. The average molecular weight is 908 g/mol. The molecule has 2 rings (SSSR count). The van der Waals surface area contributed by atoms with Crippen molar-refractivity contribution in [2.24, 2.45) is 0 Å². The number of aryl methyl sites for hydroxylation is 2. The molecule has 0 saturated heterocycles. The summed E-state index contributed by atoms with van der Waals surface area (Å²) in [6.07, 6.45) is 1.01. The highest BCUT2D eigenvalue weighted by molar-refractivity contribution is 8.13. The zero-order valence-corrected chi connectivity index (χ0v) is 37.2. The number of hydrogen-bond acceptors (Lipinski definition) is 17. The predicted octanol–water partition coefficient (Wildman–Crippen LogP) is 3.17. The molecule has 0 amide bonds. The Bertz CT molecular complexity index is 1400. The van der Waals surface area contributed by atoms with Gasteiger partial charge in [-0.2, -0.15) is 8.42 Å². The van der Waals surface area contributed by atoms with Gasteiger partial charge in [-0.3, -0.25) is 4.18 Å². The van der Waals surface area contributed by atoms with Crippen LogP contribution in [0.25, 0.3) is 0 Å². The van der Waals surface area contributed by atoms with E-state index in [1.807, 2.05) is 13.8 Å². The maximum absolute atomic E-state index is 12.0. The third-order valence-corrected chi connectivity index (χ3v) is 9.57. The van der Waals surface area contributed by atoms with E-state index in [0.29, 0.717) is 119 Å². The van der Waals surface area contributed by atoms with Crippen LogP contribution in [0.4, 0.5) is 0 Å². The van der Waals surface area contributed by atoms with E-state index in [1.165, 1.54) is 24.3 Å². The Kier molecular flexibility index (Phi) is 38.9. The lowest BCUT2D eigenvalue weighted by molar-refractivity contribution is -0.0151. The molecule has 0 aromatic heterocycles. The van der Waals surface area contributed by atoms with Crippen LogP contribution in [0.5, 0.6) is 0 Å². The fourth-order valence-electron chi connectivity index (χ4n) is 3.91. The Morgan fingerprint density at radius 1 is 0.407 bits per heavy atom. The summed E-state index contributed by atoms with van der Waals surface area (Å²) in [7, 11) is -2.21. The summed E-state index contributed by atoms with van der Waals surface area (Å²) < 4.78 is 103. The lowest BCUT2D eigenvalue weighted by Crippen LogP contribution is -2.15. The van der Waals surface area contributed by atoms with Gasteiger partial charge in [0.25, 0.3) is 19.2 Å². The molecule has 2 aromatic rings. The van der Waals surface area contributed by atoms with Crippen LogP contribution in [0, 0.1) is 13.8 Å². The Morgan fingerprint density at radius 3 is 0.932 bits per heavy atom. The molecule has 20 heteroatoms. The van der Waals surface area contributed by atoms with E-state index in [4.69, 9.17) is 72.4 Å². The minimum absolute atomic E-state index is 0.0359. The second-order valence-corrected chi connectivity index (χ2v) is 16.1. The second kappa shape index (κ2) is 40.2. The molecule has 0 spiro atoms. The van der Waals surface area contributed by atoms with Gasteiger partial charge in [-0.15, -0.1) is 0 Å². The summed E-state index contributed by atoms with van der Waals surface area (Å²) in [4.78, 5) is 0.284. The lowest BCUT2D eigenvalue weighted by atomic mass is 10.2. The molecule has 0 saturated carbocycles. The SMILES string of the molecule is CCCOCCOCCOCCOCCOCCOS(=O)(=O)c1ccc(C)cc1.Cc1ccc(S(=O)(=O)Cl)cc1.OCCOCCOCCOCCOCCOCCO. The van der Waals surface area contributed by atoms with Crippen molar-refractivity contribution in [2.45, 2.75) is 37.0 Å². The van der Waals surface area contributed by atoms with Gasteiger partial charge in [-0.05, 0) is 44.5 Å². The molecular formula is C39H67ClO17S2. The van der Waals surface area contributed by atoms with E-state index in [-0.39, 0.29) is 36.2 Å². The minimum Gasteiger partial charge on any atom is -0.394 e. The highest BCUT2D eigenvalue weighted by Gasteiger charge is 2.14.